The minimum atomic E-state index is -3.85. The van der Waals surface area contributed by atoms with Crippen LogP contribution in [0, 0.1) is 13.8 Å². The summed E-state index contributed by atoms with van der Waals surface area (Å²) in [7, 11) is -3.85. The number of carbonyl (C=O) groups excluding carboxylic acids is 2. The van der Waals surface area contributed by atoms with Crippen molar-refractivity contribution in [3.63, 3.8) is 0 Å². The van der Waals surface area contributed by atoms with E-state index in [1.165, 1.54) is 11.2 Å². The predicted octanol–water partition coefficient (Wildman–Crippen LogP) is 4.16. The van der Waals surface area contributed by atoms with Crippen LogP contribution < -0.4 is 14.9 Å². The number of carbonyl (C=O) groups is 2. The van der Waals surface area contributed by atoms with Gasteiger partial charge in [0.15, 0.2) is 0 Å². The maximum atomic E-state index is 13.4. The summed E-state index contributed by atoms with van der Waals surface area (Å²) < 4.78 is 28.1. The van der Waals surface area contributed by atoms with Crippen molar-refractivity contribution in [1.29, 1.82) is 0 Å². The molecule has 2 N–H and O–H groups in total. The van der Waals surface area contributed by atoms with Gasteiger partial charge in [0.1, 0.15) is 0 Å². The molecule has 0 radical (unpaired) electrons. The minimum absolute atomic E-state index is 0.00294. The number of nitrogens with zero attached hydrogens (tertiary/aromatic N) is 1. The molecule has 0 aliphatic carbocycles. The van der Waals surface area contributed by atoms with Crippen molar-refractivity contribution in [3.05, 3.63) is 89.5 Å². The van der Waals surface area contributed by atoms with Gasteiger partial charge in [-0.1, -0.05) is 47.5 Å². The summed E-state index contributed by atoms with van der Waals surface area (Å²) in [6.07, 6.45) is -0.00957. The Bertz CT molecular complexity index is 1250. The first-order chi connectivity index (χ1) is 16.1. The van der Waals surface area contributed by atoms with E-state index in [0.29, 0.717) is 11.4 Å². The lowest BCUT2D eigenvalue weighted by atomic mass is 10.2. The average molecular weight is 480 g/mol. The minimum Gasteiger partial charge on any atom is -0.352 e. The van der Waals surface area contributed by atoms with E-state index in [4.69, 9.17) is 0 Å². The zero-order chi connectivity index (χ0) is 24.7. The summed E-state index contributed by atoms with van der Waals surface area (Å²) in [6.45, 7) is 5.51. The molecule has 8 heteroatoms. The van der Waals surface area contributed by atoms with E-state index in [1.54, 1.807) is 54.6 Å². The Kier molecular flexibility index (Phi) is 8.07. The highest BCUT2D eigenvalue weighted by atomic mass is 32.2. The quantitative estimate of drug-likeness (QED) is 0.482. The Balaban J connectivity index is 1.72. The molecular weight excluding hydrogens is 450 g/mol. The maximum Gasteiger partial charge on any atom is 0.264 e. The van der Waals surface area contributed by atoms with Crippen LogP contribution >= 0.6 is 0 Å². The number of hydrogen-bond acceptors (Lipinski definition) is 4. The zero-order valence-corrected chi connectivity index (χ0v) is 20.4. The van der Waals surface area contributed by atoms with Crippen LogP contribution in [0.4, 0.5) is 11.4 Å². The lowest BCUT2D eigenvalue weighted by molar-refractivity contribution is -0.121. The van der Waals surface area contributed by atoms with Gasteiger partial charge in [0, 0.05) is 32.1 Å². The largest absolute Gasteiger partial charge is 0.352 e. The molecule has 34 heavy (non-hydrogen) atoms. The number of amides is 2. The summed E-state index contributed by atoms with van der Waals surface area (Å²) in [5.74, 6) is -0.451. The number of sulfonamides is 1. The van der Waals surface area contributed by atoms with Gasteiger partial charge >= 0.3 is 0 Å². The van der Waals surface area contributed by atoms with Crippen LogP contribution in [0.2, 0.25) is 0 Å². The SMILES string of the molecule is CC(=O)Nc1cccc(CNC(=O)CCN(c2ccc(C)cc2)S(=O)(=O)c2ccc(C)cc2)c1. The van der Waals surface area contributed by atoms with Gasteiger partial charge in [-0.2, -0.15) is 0 Å². The number of aryl methyl sites for hydroxylation is 2. The molecule has 0 heterocycles. The van der Waals surface area contributed by atoms with Crippen molar-refractivity contribution in [3.8, 4) is 0 Å². The lowest BCUT2D eigenvalue weighted by Crippen LogP contribution is -2.35. The van der Waals surface area contributed by atoms with Gasteiger partial charge in [-0.25, -0.2) is 8.42 Å². The fraction of sp³-hybridized carbons (Fsp3) is 0.231. The molecule has 0 aromatic heterocycles. The molecule has 2 amide bonds. The van der Waals surface area contributed by atoms with Crippen LogP contribution in [0.5, 0.6) is 0 Å². The van der Waals surface area contributed by atoms with Crippen molar-refractivity contribution in [2.45, 2.75) is 38.6 Å². The molecule has 7 nitrogen and oxygen atoms in total. The normalized spacial score (nSPS) is 11.0. The van der Waals surface area contributed by atoms with Gasteiger partial charge in [0.2, 0.25) is 11.8 Å². The Hall–Kier alpha value is -3.65. The van der Waals surface area contributed by atoms with Gasteiger partial charge < -0.3 is 10.6 Å². The summed E-state index contributed by atoms with van der Waals surface area (Å²) >= 11 is 0. The molecule has 178 valence electrons. The standard InChI is InChI=1S/C26H29N3O4S/c1-19-7-11-24(12-8-19)29(34(32,33)25-13-9-20(2)10-14-25)16-15-26(31)27-18-22-5-4-6-23(17-22)28-21(3)30/h4-14,17H,15-16,18H2,1-3H3,(H,27,31)(H,28,30). The summed E-state index contributed by atoms with van der Waals surface area (Å²) in [5.41, 5.74) is 3.94. The summed E-state index contributed by atoms with van der Waals surface area (Å²) in [4.78, 5) is 24.0. The highest BCUT2D eigenvalue weighted by molar-refractivity contribution is 7.92. The third-order valence-electron chi connectivity index (χ3n) is 5.21. The van der Waals surface area contributed by atoms with Crippen molar-refractivity contribution in [2.24, 2.45) is 0 Å². The fourth-order valence-corrected chi connectivity index (χ4v) is 4.86. The molecule has 0 bridgehead atoms. The summed E-state index contributed by atoms with van der Waals surface area (Å²) in [5, 5.41) is 5.53. The molecule has 0 saturated carbocycles. The van der Waals surface area contributed by atoms with E-state index in [-0.39, 0.29) is 36.2 Å². The average Bonchev–Trinajstić information content (AvgIpc) is 2.79. The zero-order valence-electron chi connectivity index (χ0n) is 19.5. The highest BCUT2D eigenvalue weighted by Crippen LogP contribution is 2.25. The Morgan fingerprint density at radius 3 is 2.12 bits per heavy atom. The predicted molar refractivity (Wildman–Crippen MR) is 134 cm³/mol. The van der Waals surface area contributed by atoms with E-state index in [0.717, 1.165) is 16.7 Å². The smallest absolute Gasteiger partial charge is 0.264 e. The van der Waals surface area contributed by atoms with Gasteiger partial charge in [0.25, 0.3) is 10.0 Å². The van der Waals surface area contributed by atoms with E-state index in [1.807, 2.05) is 32.0 Å². The van der Waals surface area contributed by atoms with E-state index in [2.05, 4.69) is 10.6 Å². The number of anilines is 2. The number of hydrogen-bond donors (Lipinski definition) is 2. The molecule has 0 saturated heterocycles. The molecular formula is C26H29N3O4S. The van der Waals surface area contributed by atoms with Crippen molar-refractivity contribution in [1.82, 2.24) is 5.32 Å². The van der Waals surface area contributed by atoms with E-state index < -0.39 is 10.0 Å². The van der Waals surface area contributed by atoms with E-state index in [9.17, 15) is 18.0 Å². The topological polar surface area (TPSA) is 95.6 Å². The molecule has 3 aromatic carbocycles. The monoisotopic (exact) mass is 479 g/mol. The van der Waals surface area contributed by atoms with Crippen LogP contribution in [0.3, 0.4) is 0 Å². The second-order valence-corrected chi connectivity index (χ2v) is 10.00. The first-order valence-corrected chi connectivity index (χ1v) is 12.4. The van der Waals surface area contributed by atoms with Crippen molar-refractivity contribution in [2.75, 3.05) is 16.2 Å². The number of benzene rings is 3. The lowest BCUT2D eigenvalue weighted by Gasteiger charge is -2.24. The Morgan fingerprint density at radius 2 is 1.50 bits per heavy atom. The van der Waals surface area contributed by atoms with Crippen LogP contribution in [0.15, 0.2) is 77.7 Å². The Morgan fingerprint density at radius 1 is 0.882 bits per heavy atom. The molecule has 0 atom stereocenters. The van der Waals surface area contributed by atoms with Gasteiger partial charge in [0.05, 0.1) is 10.6 Å². The molecule has 3 rings (SSSR count). The first kappa shape index (κ1) is 25.0. The van der Waals surface area contributed by atoms with Gasteiger partial charge in [-0.3, -0.25) is 13.9 Å². The second-order valence-electron chi connectivity index (χ2n) is 8.13. The maximum absolute atomic E-state index is 13.4. The fourth-order valence-electron chi connectivity index (χ4n) is 3.39. The molecule has 0 aliphatic rings. The third kappa shape index (κ3) is 6.68. The number of nitrogens with one attached hydrogen (secondary N) is 2. The summed E-state index contributed by atoms with van der Waals surface area (Å²) in [6, 6.07) is 21.0. The van der Waals surface area contributed by atoms with Crippen molar-refractivity contribution < 1.29 is 18.0 Å². The molecule has 0 spiro atoms. The van der Waals surface area contributed by atoms with Crippen LogP contribution in [-0.2, 0) is 26.2 Å². The molecule has 3 aromatic rings. The molecule has 0 aliphatic heterocycles. The Labute approximate surface area is 200 Å². The van der Waals surface area contributed by atoms with Gasteiger partial charge in [-0.05, 0) is 55.8 Å². The third-order valence-corrected chi connectivity index (χ3v) is 7.05. The number of rotatable bonds is 9. The van der Waals surface area contributed by atoms with Crippen molar-refractivity contribution >= 4 is 33.2 Å². The van der Waals surface area contributed by atoms with E-state index >= 15 is 0 Å². The van der Waals surface area contributed by atoms with Crippen LogP contribution in [0.25, 0.3) is 0 Å². The molecule has 0 fully saturated rings. The van der Waals surface area contributed by atoms with Gasteiger partial charge in [-0.15, -0.1) is 0 Å². The first-order valence-electron chi connectivity index (χ1n) is 10.9. The van der Waals surface area contributed by atoms with Crippen LogP contribution in [-0.4, -0.2) is 26.8 Å². The van der Waals surface area contributed by atoms with Crippen LogP contribution in [0.1, 0.15) is 30.0 Å². The highest BCUT2D eigenvalue weighted by Gasteiger charge is 2.25. The second kappa shape index (κ2) is 11.0. The molecule has 0 unspecified atom stereocenters.